The summed E-state index contributed by atoms with van der Waals surface area (Å²) in [5.41, 5.74) is 0. The van der Waals surface area contributed by atoms with Gasteiger partial charge in [-0.3, -0.25) is 14.7 Å². The molecular formula is C18H34IN5O. The van der Waals surface area contributed by atoms with E-state index >= 15 is 0 Å². The van der Waals surface area contributed by atoms with Crippen molar-refractivity contribution in [1.29, 1.82) is 0 Å². The third-order valence-corrected chi connectivity index (χ3v) is 5.26. The molecule has 7 heteroatoms. The van der Waals surface area contributed by atoms with E-state index < -0.39 is 0 Å². The molecule has 0 bridgehead atoms. The van der Waals surface area contributed by atoms with Crippen molar-refractivity contribution in [1.82, 2.24) is 20.0 Å². The Morgan fingerprint density at radius 1 is 1.12 bits per heavy atom. The molecule has 3 rings (SSSR count). The van der Waals surface area contributed by atoms with E-state index in [4.69, 9.17) is 4.99 Å². The molecule has 0 unspecified atom stereocenters. The number of amides is 1. The Kier molecular flexibility index (Phi) is 8.25. The number of carbonyl (C=O) groups is 1. The Bertz CT molecular complexity index is 456. The predicted molar refractivity (Wildman–Crippen MR) is 113 cm³/mol. The van der Waals surface area contributed by atoms with Gasteiger partial charge in [0.05, 0.1) is 6.54 Å². The lowest BCUT2D eigenvalue weighted by Gasteiger charge is -2.36. The van der Waals surface area contributed by atoms with E-state index in [1.54, 1.807) is 6.92 Å². The summed E-state index contributed by atoms with van der Waals surface area (Å²) in [5, 5.41) is 3.42. The highest BCUT2D eigenvalue weighted by molar-refractivity contribution is 14.0. The molecule has 1 amide bonds. The number of aliphatic imine (C=N–C) groups is 1. The quantitative estimate of drug-likeness (QED) is 0.354. The van der Waals surface area contributed by atoms with E-state index in [0.29, 0.717) is 0 Å². The van der Waals surface area contributed by atoms with Crippen LogP contribution < -0.4 is 5.32 Å². The van der Waals surface area contributed by atoms with Crippen LogP contribution in [0.25, 0.3) is 0 Å². The van der Waals surface area contributed by atoms with Crippen LogP contribution in [0.5, 0.6) is 0 Å². The van der Waals surface area contributed by atoms with E-state index in [1.165, 1.54) is 32.2 Å². The van der Waals surface area contributed by atoms with Gasteiger partial charge in [-0.15, -0.1) is 24.0 Å². The molecule has 1 aliphatic heterocycles. The highest BCUT2D eigenvalue weighted by Crippen LogP contribution is 2.34. The van der Waals surface area contributed by atoms with Gasteiger partial charge in [-0.05, 0) is 38.5 Å². The third-order valence-electron chi connectivity index (χ3n) is 5.26. The van der Waals surface area contributed by atoms with Gasteiger partial charge in [-0.1, -0.05) is 0 Å². The Labute approximate surface area is 169 Å². The van der Waals surface area contributed by atoms with Crippen molar-refractivity contribution in [3.05, 3.63) is 0 Å². The van der Waals surface area contributed by atoms with Crippen LogP contribution in [0.1, 0.15) is 39.5 Å². The number of nitrogens with zero attached hydrogens (tertiary/aromatic N) is 4. The SMILES string of the molecule is CCNC(=NCCN(CC1CC1)C1CC1)N1CCN(C(C)=O)CC1.I. The van der Waals surface area contributed by atoms with Crippen LogP contribution in [0.15, 0.2) is 4.99 Å². The zero-order chi connectivity index (χ0) is 16.9. The Morgan fingerprint density at radius 3 is 2.28 bits per heavy atom. The Balaban J connectivity index is 0.00000225. The van der Waals surface area contributed by atoms with Gasteiger partial charge in [-0.25, -0.2) is 0 Å². The van der Waals surface area contributed by atoms with Crippen molar-refractivity contribution in [2.45, 2.75) is 45.6 Å². The molecule has 1 heterocycles. The molecule has 0 aromatic carbocycles. The summed E-state index contributed by atoms with van der Waals surface area (Å²) in [4.78, 5) is 23.2. The third kappa shape index (κ3) is 6.58. The predicted octanol–water partition coefficient (Wildman–Crippen LogP) is 1.61. The van der Waals surface area contributed by atoms with Gasteiger partial charge < -0.3 is 15.1 Å². The topological polar surface area (TPSA) is 51.2 Å². The van der Waals surface area contributed by atoms with Crippen molar-refractivity contribution in [2.75, 3.05) is 52.4 Å². The molecule has 2 saturated carbocycles. The monoisotopic (exact) mass is 463 g/mol. The molecule has 2 aliphatic carbocycles. The molecule has 0 atom stereocenters. The first-order valence-corrected chi connectivity index (χ1v) is 9.70. The second-order valence-corrected chi connectivity index (χ2v) is 7.40. The first-order valence-electron chi connectivity index (χ1n) is 9.70. The number of nitrogens with one attached hydrogen (secondary N) is 1. The lowest BCUT2D eigenvalue weighted by atomic mass is 10.3. The van der Waals surface area contributed by atoms with Crippen LogP contribution in [0.4, 0.5) is 0 Å². The average molecular weight is 463 g/mol. The largest absolute Gasteiger partial charge is 0.357 e. The van der Waals surface area contributed by atoms with Gasteiger partial charge in [0.15, 0.2) is 5.96 Å². The van der Waals surface area contributed by atoms with Gasteiger partial charge in [0, 0.05) is 58.8 Å². The summed E-state index contributed by atoms with van der Waals surface area (Å²) in [6.07, 6.45) is 5.61. The van der Waals surface area contributed by atoms with Gasteiger partial charge in [-0.2, -0.15) is 0 Å². The maximum atomic E-state index is 11.5. The molecule has 144 valence electrons. The van der Waals surface area contributed by atoms with Crippen molar-refractivity contribution >= 4 is 35.8 Å². The van der Waals surface area contributed by atoms with E-state index in [1.807, 2.05) is 4.90 Å². The fourth-order valence-corrected chi connectivity index (χ4v) is 3.44. The standard InChI is InChI=1S/C18H33N5O.HI/c1-3-19-18(22-12-10-21(11-13-22)15(2)24)20-8-9-23(17-6-7-17)14-16-4-5-16;/h16-17H,3-14H2,1-2H3,(H,19,20);1H. The number of carbonyl (C=O) groups excluding carboxylic acids is 1. The Hall–Kier alpha value is -0.570. The average Bonchev–Trinajstić information content (AvgIpc) is 3.46. The minimum absolute atomic E-state index is 0. The number of hydrogen-bond acceptors (Lipinski definition) is 3. The highest BCUT2D eigenvalue weighted by Gasteiger charge is 2.33. The van der Waals surface area contributed by atoms with Gasteiger partial charge in [0.2, 0.25) is 5.91 Å². The van der Waals surface area contributed by atoms with Crippen LogP contribution in [0.3, 0.4) is 0 Å². The number of halogens is 1. The van der Waals surface area contributed by atoms with Crippen LogP contribution >= 0.6 is 24.0 Å². The molecule has 0 spiro atoms. The van der Waals surface area contributed by atoms with Gasteiger partial charge in [0.25, 0.3) is 0 Å². The van der Waals surface area contributed by atoms with Gasteiger partial charge in [0.1, 0.15) is 0 Å². The molecule has 25 heavy (non-hydrogen) atoms. The number of rotatable bonds is 7. The molecule has 1 saturated heterocycles. The lowest BCUT2D eigenvalue weighted by molar-refractivity contribution is -0.130. The second kappa shape index (κ2) is 9.94. The summed E-state index contributed by atoms with van der Waals surface area (Å²) in [6, 6.07) is 0.836. The van der Waals surface area contributed by atoms with E-state index in [2.05, 4.69) is 22.0 Å². The van der Waals surface area contributed by atoms with Crippen LogP contribution in [-0.4, -0.2) is 85.0 Å². The molecule has 0 aromatic rings. The molecule has 3 fully saturated rings. The second-order valence-electron chi connectivity index (χ2n) is 7.40. The molecular weight excluding hydrogens is 429 g/mol. The van der Waals surface area contributed by atoms with Crippen LogP contribution in [0.2, 0.25) is 0 Å². The van der Waals surface area contributed by atoms with Crippen molar-refractivity contribution in [3.63, 3.8) is 0 Å². The van der Waals surface area contributed by atoms with Crippen molar-refractivity contribution < 1.29 is 4.79 Å². The smallest absolute Gasteiger partial charge is 0.219 e. The summed E-state index contributed by atoms with van der Waals surface area (Å²) in [5.74, 6) is 2.15. The fraction of sp³-hybridized carbons (Fsp3) is 0.889. The molecule has 3 aliphatic rings. The van der Waals surface area contributed by atoms with E-state index in [0.717, 1.165) is 63.7 Å². The summed E-state index contributed by atoms with van der Waals surface area (Å²) >= 11 is 0. The fourth-order valence-electron chi connectivity index (χ4n) is 3.44. The maximum Gasteiger partial charge on any atom is 0.219 e. The summed E-state index contributed by atoms with van der Waals surface area (Å²) < 4.78 is 0. The minimum atomic E-state index is 0. The normalized spacial score (nSPS) is 21.3. The summed E-state index contributed by atoms with van der Waals surface area (Å²) in [6.45, 7) is 11.3. The molecule has 0 radical (unpaired) electrons. The van der Waals surface area contributed by atoms with Gasteiger partial charge >= 0.3 is 0 Å². The number of guanidine groups is 1. The minimum Gasteiger partial charge on any atom is -0.357 e. The van der Waals surface area contributed by atoms with Crippen molar-refractivity contribution in [3.8, 4) is 0 Å². The molecule has 0 aromatic heterocycles. The first-order chi connectivity index (χ1) is 11.7. The zero-order valence-electron chi connectivity index (χ0n) is 15.7. The molecule has 1 N–H and O–H groups in total. The number of hydrogen-bond donors (Lipinski definition) is 1. The van der Waals surface area contributed by atoms with E-state index in [9.17, 15) is 4.79 Å². The first kappa shape index (κ1) is 20.7. The number of piperazine rings is 1. The van der Waals surface area contributed by atoms with E-state index in [-0.39, 0.29) is 29.9 Å². The lowest BCUT2D eigenvalue weighted by Crippen LogP contribution is -2.53. The Morgan fingerprint density at radius 2 is 1.76 bits per heavy atom. The van der Waals surface area contributed by atoms with Crippen LogP contribution in [0, 0.1) is 5.92 Å². The zero-order valence-corrected chi connectivity index (χ0v) is 18.1. The van der Waals surface area contributed by atoms with Crippen LogP contribution in [-0.2, 0) is 4.79 Å². The highest BCUT2D eigenvalue weighted by atomic mass is 127. The molecule has 6 nitrogen and oxygen atoms in total. The summed E-state index contributed by atoms with van der Waals surface area (Å²) in [7, 11) is 0. The maximum absolute atomic E-state index is 11.5. The van der Waals surface area contributed by atoms with Crippen molar-refractivity contribution in [2.24, 2.45) is 10.9 Å².